The van der Waals surface area contributed by atoms with Crippen LogP contribution in [0.15, 0.2) is 0 Å². The van der Waals surface area contributed by atoms with Gasteiger partial charge in [-0.25, -0.2) is 9.59 Å². The predicted molar refractivity (Wildman–Crippen MR) is 78.7 cm³/mol. The van der Waals surface area contributed by atoms with Gasteiger partial charge in [-0.1, -0.05) is 39.5 Å². The minimum absolute atomic E-state index is 0.236. The SMILES string of the molecule is CCCCC(NC(=O)N(C)C1CCCC(C)C1)C(=O)O. The highest BCUT2D eigenvalue weighted by molar-refractivity contribution is 5.82. The van der Waals surface area contributed by atoms with Gasteiger partial charge in [-0.05, 0) is 25.2 Å². The van der Waals surface area contributed by atoms with E-state index in [-0.39, 0.29) is 12.1 Å². The summed E-state index contributed by atoms with van der Waals surface area (Å²) in [5, 5.41) is 11.8. The van der Waals surface area contributed by atoms with Crippen LogP contribution < -0.4 is 5.32 Å². The van der Waals surface area contributed by atoms with E-state index in [0.29, 0.717) is 12.3 Å². The molecule has 116 valence electrons. The van der Waals surface area contributed by atoms with Crippen LogP contribution >= 0.6 is 0 Å². The van der Waals surface area contributed by atoms with Gasteiger partial charge in [0, 0.05) is 13.1 Å². The van der Waals surface area contributed by atoms with Crippen molar-refractivity contribution in [3.63, 3.8) is 0 Å². The Balaban J connectivity index is 2.52. The van der Waals surface area contributed by atoms with Crippen LogP contribution in [-0.2, 0) is 4.79 Å². The molecular formula is C15H28N2O3. The summed E-state index contributed by atoms with van der Waals surface area (Å²) in [7, 11) is 1.77. The van der Waals surface area contributed by atoms with E-state index in [0.717, 1.165) is 32.1 Å². The fourth-order valence-corrected chi connectivity index (χ4v) is 2.84. The summed E-state index contributed by atoms with van der Waals surface area (Å²) in [6.45, 7) is 4.22. The minimum Gasteiger partial charge on any atom is -0.480 e. The molecule has 1 aliphatic rings. The van der Waals surface area contributed by atoms with E-state index in [9.17, 15) is 9.59 Å². The van der Waals surface area contributed by atoms with Crippen LogP contribution in [0.3, 0.4) is 0 Å². The maximum absolute atomic E-state index is 12.2. The molecule has 0 saturated heterocycles. The molecule has 0 heterocycles. The maximum atomic E-state index is 12.2. The Labute approximate surface area is 121 Å². The van der Waals surface area contributed by atoms with Gasteiger partial charge in [0.15, 0.2) is 0 Å². The molecule has 0 aromatic heterocycles. The molecule has 20 heavy (non-hydrogen) atoms. The summed E-state index contributed by atoms with van der Waals surface area (Å²) in [6.07, 6.45) is 6.61. The van der Waals surface area contributed by atoms with Crippen LogP contribution in [0.1, 0.15) is 58.8 Å². The van der Waals surface area contributed by atoms with E-state index in [1.54, 1.807) is 11.9 Å². The van der Waals surface area contributed by atoms with Crippen molar-refractivity contribution < 1.29 is 14.7 Å². The number of nitrogens with zero attached hydrogens (tertiary/aromatic N) is 1. The molecule has 1 saturated carbocycles. The smallest absolute Gasteiger partial charge is 0.326 e. The van der Waals surface area contributed by atoms with Crippen molar-refractivity contribution in [2.24, 2.45) is 5.92 Å². The summed E-state index contributed by atoms with van der Waals surface area (Å²) < 4.78 is 0. The molecule has 0 spiro atoms. The third-order valence-electron chi connectivity index (χ3n) is 4.22. The second kappa shape index (κ2) is 8.12. The van der Waals surface area contributed by atoms with Crippen molar-refractivity contribution in [1.29, 1.82) is 0 Å². The van der Waals surface area contributed by atoms with Crippen molar-refractivity contribution in [3.05, 3.63) is 0 Å². The van der Waals surface area contributed by atoms with E-state index in [1.165, 1.54) is 6.42 Å². The number of hydrogen-bond acceptors (Lipinski definition) is 2. The molecule has 5 heteroatoms. The van der Waals surface area contributed by atoms with Crippen molar-refractivity contribution in [3.8, 4) is 0 Å². The number of carbonyl (C=O) groups is 2. The van der Waals surface area contributed by atoms with Gasteiger partial charge >= 0.3 is 12.0 Å². The number of rotatable bonds is 6. The van der Waals surface area contributed by atoms with Crippen molar-refractivity contribution in [1.82, 2.24) is 10.2 Å². The monoisotopic (exact) mass is 284 g/mol. The van der Waals surface area contributed by atoms with Gasteiger partial charge in [0.25, 0.3) is 0 Å². The zero-order valence-electron chi connectivity index (χ0n) is 12.9. The average molecular weight is 284 g/mol. The Kier molecular flexibility index (Phi) is 6.82. The number of hydrogen-bond donors (Lipinski definition) is 2. The Bertz CT molecular complexity index is 333. The first-order valence-corrected chi connectivity index (χ1v) is 7.71. The molecule has 0 bridgehead atoms. The van der Waals surface area contributed by atoms with Crippen LogP contribution in [0.2, 0.25) is 0 Å². The number of nitrogens with one attached hydrogen (secondary N) is 1. The molecule has 0 aliphatic heterocycles. The van der Waals surface area contributed by atoms with Crippen molar-refractivity contribution in [2.75, 3.05) is 7.05 Å². The first-order valence-electron chi connectivity index (χ1n) is 7.71. The van der Waals surface area contributed by atoms with Crippen LogP contribution in [0.4, 0.5) is 4.79 Å². The topological polar surface area (TPSA) is 69.6 Å². The highest BCUT2D eigenvalue weighted by Gasteiger charge is 2.27. The summed E-state index contributed by atoms with van der Waals surface area (Å²) in [6, 6.07) is -0.794. The Hall–Kier alpha value is -1.26. The number of carboxylic acid groups (broad SMARTS) is 1. The lowest BCUT2D eigenvalue weighted by atomic mass is 9.86. The highest BCUT2D eigenvalue weighted by Crippen LogP contribution is 2.26. The third-order valence-corrected chi connectivity index (χ3v) is 4.22. The van der Waals surface area contributed by atoms with E-state index in [1.807, 2.05) is 6.92 Å². The molecule has 1 aliphatic carbocycles. The summed E-state index contributed by atoms with van der Waals surface area (Å²) in [4.78, 5) is 25.0. The molecule has 1 rings (SSSR count). The largest absolute Gasteiger partial charge is 0.480 e. The molecule has 0 radical (unpaired) electrons. The fourth-order valence-electron chi connectivity index (χ4n) is 2.84. The molecule has 3 unspecified atom stereocenters. The number of aliphatic carboxylic acids is 1. The lowest BCUT2D eigenvalue weighted by molar-refractivity contribution is -0.139. The Morgan fingerprint density at radius 2 is 2.10 bits per heavy atom. The quantitative estimate of drug-likeness (QED) is 0.788. The van der Waals surface area contributed by atoms with Gasteiger partial charge in [-0.3, -0.25) is 0 Å². The van der Waals surface area contributed by atoms with E-state index in [2.05, 4.69) is 12.2 Å². The van der Waals surface area contributed by atoms with Gasteiger partial charge < -0.3 is 15.3 Å². The molecule has 0 aromatic rings. The number of urea groups is 1. The number of carbonyl (C=O) groups excluding carboxylic acids is 1. The predicted octanol–water partition coefficient (Wildman–Crippen LogP) is 2.85. The van der Waals surface area contributed by atoms with Gasteiger partial charge in [0.2, 0.25) is 0 Å². The summed E-state index contributed by atoms with van der Waals surface area (Å²) in [5.74, 6) is -0.309. The van der Waals surface area contributed by atoms with E-state index >= 15 is 0 Å². The van der Waals surface area contributed by atoms with Gasteiger partial charge in [-0.15, -0.1) is 0 Å². The third kappa shape index (κ3) is 5.02. The Morgan fingerprint density at radius 1 is 1.40 bits per heavy atom. The van der Waals surface area contributed by atoms with Crippen LogP contribution in [-0.4, -0.2) is 41.1 Å². The van der Waals surface area contributed by atoms with Crippen molar-refractivity contribution >= 4 is 12.0 Å². The minimum atomic E-state index is -0.947. The van der Waals surface area contributed by atoms with Gasteiger partial charge in [0.1, 0.15) is 6.04 Å². The molecule has 3 atom stereocenters. The highest BCUT2D eigenvalue weighted by atomic mass is 16.4. The maximum Gasteiger partial charge on any atom is 0.326 e. The van der Waals surface area contributed by atoms with Crippen molar-refractivity contribution in [2.45, 2.75) is 70.9 Å². The zero-order chi connectivity index (χ0) is 15.1. The molecule has 1 fully saturated rings. The number of carboxylic acids is 1. The first kappa shape index (κ1) is 16.8. The van der Waals surface area contributed by atoms with Crippen LogP contribution in [0.25, 0.3) is 0 Å². The standard InChI is InChI=1S/C15H28N2O3/c1-4-5-9-13(14(18)19)16-15(20)17(3)12-8-6-7-11(2)10-12/h11-13H,4-10H2,1-3H3,(H,16,20)(H,18,19). The summed E-state index contributed by atoms with van der Waals surface area (Å²) >= 11 is 0. The van der Waals surface area contributed by atoms with E-state index < -0.39 is 12.0 Å². The zero-order valence-corrected chi connectivity index (χ0v) is 12.9. The molecular weight excluding hydrogens is 256 g/mol. The van der Waals surface area contributed by atoms with Crippen LogP contribution in [0, 0.1) is 5.92 Å². The molecule has 2 amide bonds. The lowest BCUT2D eigenvalue weighted by Gasteiger charge is -2.34. The van der Waals surface area contributed by atoms with Crippen LogP contribution in [0.5, 0.6) is 0 Å². The lowest BCUT2D eigenvalue weighted by Crippen LogP contribution is -2.50. The summed E-state index contributed by atoms with van der Waals surface area (Å²) in [5.41, 5.74) is 0. The average Bonchev–Trinajstić information content (AvgIpc) is 2.42. The normalized spacial score (nSPS) is 23.9. The van der Waals surface area contributed by atoms with Gasteiger partial charge in [-0.2, -0.15) is 0 Å². The molecule has 2 N–H and O–H groups in total. The first-order chi connectivity index (χ1) is 9.45. The Morgan fingerprint density at radius 3 is 2.65 bits per heavy atom. The number of amides is 2. The second-order valence-corrected chi connectivity index (χ2v) is 6.02. The second-order valence-electron chi connectivity index (χ2n) is 6.02. The van der Waals surface area contributed by atoms with Gasteiger partial charge in [0.05, 0.1) is 0 Å². The van der Waals surface area contributed by atoms with E-state index in [4.69, 9.17) is 5.11 Å². The molecule has 0 aromatic carbocycles. The number of unbranched alkanes of at least 4 members (excludes halogenated alkanes) is 1. The fraction of sp³-hybridized carbons (Fsp3) is 0.867. The molecule has 5 nitrogen and oxygen atoms in total.